The number of thioether (sulfide) groups is 1. The normalized spacial score (nSPS) is 18.8. The van der Waals surface area contributed by atoms with Gasteiger partial charge in [0.15, 0.2) is 0 Å². The molecule has 0 bridgehead atoms. The van der Waals surface area contributed by atoms with E-state index in [2.05, 4.69) is 48.1 Å². The first kappa shape index (κ1) is 13.3. The van der Waals surface area contributed by atoms with Crippen LogP contribution in [0.3, 0.4) is 0 Å². The van der Waals surface area contributed by atoms with E-state index in [0.717, 1.165) is 23.4 Å². The van der Waals surface area contributed by atoms with Crippen LogP contribution >= 0.6 is 35.3 Å². The molecule has 0 saturated carbocycles. The van der Waals surface area contributed by atoms with E-state index in [1.54, 1.807) is 11.8 Å². The Kier molecular flexibility index (Phi) is 4.13. The van der Waals surface area contributed by atoms with Gasteiger partial charge in [0.05, 0.1) is 12.5 Å². The number of rotatable bonds is 2. The third kappa shape index (κ3) is 3.44. The Morgan fingerprint density at radius 1 is 1.41 bits per heavy atom. The maximum atomic E-state index is 5.44. The van der Waals surface area contributed by atoms with Crippen LogP contribution in [0.1, 0.15) is 25.6 Å². The monoisotopic (exact) mass is 286 g/mol. The van der Waals surface area contributed by atoms with E-state index in [1.165, 1.54) is 4.88 Å². The molecule has 17 heavy (non-hydrogen) atoms. The van der Waals surface area contributed by atoms with Crippen LogP contribution in [0.5, 0.6) is 0 Å². The Balaban J connectivity index is 2.00. The summed E-state index contributed by atoms with van der Waals surface area (Å²) < 4.78 is 1.03. The highest BCUT2D eigenvalue weighted by Crippen LogP contribution is 2.27. The Morgan fingerprint density at radius 3 is 2.76 bits per heavy atom. The van der Waals surface area contributed by atoms with Gasteiger partial charge in [0.1, 0.15) is 4.32 Å². The molecule has 0 atom stereocenters. The summed E-state index contributed by atoms with van der Waals surface area (Å²) in [5, 5.41) is 2.14. The molecule has 2 heterocycles. The summed E-state index contributed by atoms with van der Waals surface area (Å²) in [7, 11) is 0. The minimum absolute atomic E-state index is 0.109. The lowest BCUT2D eigenvalue weighted by molar-refractivity contribution is 0.134. The average Bonchev–Trinajstić information content (AvgIpc) is 2.72. The topological polar surface area (TPSA) is 6.48 Å². The Morgan fingerprint density at radius 2 is 2.18 bits per heavy atom. The molecule has 1 aliphatic rings. The Hall–Kier alpha value is -0.100. The molecule has 0 aliphatic carbocycles. The minimum atomic E-state index is 0.109. The number of hydrogen-bond acceptors (Lipinski definition) is 4. The summed E-state index contributed by atoms with van der Waals surface area (Å²) >= 11 is 9.04. The van der Waals surface area contributed by atoms with E-state index >= 15 is 0 Å². The van der Waals surface area contributed by atoms with Gasteiger partial charge in [0.25, 0.3) is 0 Å². The molecule has 2 nitrogen and oxygen atoms in total. The number of thiophene rings is 1. The van der Waals surface area contributed by atoms with Crippen molar-refractivity contribution in [1.82, 2.24) is 9.80 Å². The Bertz CT molecular complexity index is 381. The molecule has 94 valence electrons. The second-order valence-corrected chi connectivity index (χ2v) is 7.80. The van der Waals surface area contributed by atoms with Crippen molar-refractivity contribution in [3.63, 3.8) is 0 Å². The van der Waals surface area contributed by atoms with Crippen LogP contribution in [-0.2, 0) is 6.54 Å². The lowest BCUT2D eigenvalue weighted by Crippen LogP contribution is -2.52. The highest BCUT2D eigenvalue weighted by molar-refractivity contribution is 8.22. The first-order valence-corrected chi connectivity index (χ1v) is 7.93. The lowest BCUT2D eigenvalue weighted by Gasteiger charge is -2.44. The zero-order chi connectivity index (χ0) is 12.5. The fourth-order valence-electron chi connectivity index (χ4n) is 1.73. The predicted octanol–water partition coefficient (Wildman–Crippen LogP) is 3.60. The van der Waals surface area contributed by atoms with Crippen LogP contribution in [0.4, 0.5) is 0 Å². The maximum Gasteiger partial charge on any atom is 0.139 e. The lowest BCUT2D eigenvalue weighted by atomic mass is 10.1. The van der Waals surface area contributed by atoms with Gasteiger partial charge in [-0.1, -0.05) is 30.0 Å². The number of thiocarbonyl (C=S) groups is 1. The van der Waals surface area contributed by atoms with Crippen molar-refractivity contribution in [2.24, 2.45) is 0 Å². The molecule has 0 aromatic carbocycles. The van der Waals surface area contributed by atoms with Crippen LogP contribution in [0, 0.1) is 0 Å². The fraction of sp³-hybridized carbons (Fsp3) is 0.583. The van der Waals surface area contributed by atoms with Crippen LogP contribution in [-0.4, -0.2) is 32.2 Å². The van der Waals surface area contributed by atoms with Gasteiger partial charge in [-0.2, -0.15) is 0 Å². The SMILES string of the molecule is CC(C)(C)N1CN(Cc2cccs2)CSC1=S. The van der Waals surface area contributed by atoms with Gasteiger partial charge < -0.3 is 4.90 Å². The molecule has 1 fully saturated rings. The summed E-state index contributed by atoms with van der Waals surface area (Å²) in [6.07, 6.45) is 0. The highest BCUT2D eigenvalue weighted by Gasteiger charge is 2.29. The Labute approximate surface area is 117 Å². The second kappa shape index (κ2) is 5.26. The van der Waals surface area contributed by atoms with Crippen molar-refractivity contribution in [1.29, 1.82) is 0 Å². The van der Waals surface area contributed by atoms with Crippen molar-refractivity contribution in [3.8, 4) is 0 Å². The molecule has 1 aromatic heterocycles. The smallest absolute Gasteiger partial charge is 0.139 e. The van der Waals surface area contributed by atoms with Gasteiger partial charge >= 0.3 is 0 Å². The summed E-state index contributed by atoms with van der Waals surface area (Å²) in [6, 6.07) is 4.31. The molecule has 2 rings (SSSR count). The molecular weight excluding hydrogens is 268 g/mol. The third-order valence-electron chi connectivity index (χ3n) is 2.70. The van der Waals surface area contributed by atoms with E-state index in [1.807, 2.05) is 11.3 Å². The summed E-state index contributed by atoms with van der Waals surface area (Å²) in [4.78, 5) is 6.18. The fourth-order valence-corrected chi connectivity index (χ4v) is 3.92. The maximum absolute atomic E-state index is 5.44. The zero-order valence-electron chi connectivity index (χ0n) is 10.5. The summed E-state index contributed by atoms with van der Waals surface area (Å²) in [5.41, 5.74) is 0.109. The van der Waals surface area contributed by atoms with Crippen LogP contribution in [0.2, 0.25) is 0 Å². The molecular formula is C12H18N2S3. The van der Waals surface area contributed by atoms with Crippen molar-refractivity contribution in [2.45, 2.75) is 32.9 Å². The van der Waals surface area contributed by atoms with E-state index in [4.69, 9.17) is 12.2 Å². The van der Waals surface area contributed by atoms with Crippen molar-refractivity contribution >= 4 is 39.6 Å². The standard InChI is InChI=1S/C12H18N2S3/c1-12(2,3)14-8-13(9-17-11(14)15)7-10-5-4-6-16-10/h4-6H,7-9H2,1-3H3. The van der Waals surface area contributed by atoms with Gasteiger partial charge in [-0.25, -0.2) is 0 Å². The van der Waals surface area contributed by atoms with Crippen molar-refractivity contribution < 1.29 is 0 Å². The summed E-state index contributed by atoms with van der Waals surface area (Å²) in [6.45, 7) is 8.62. The number of hydrogen-bond donors (Lipinski definition) is 0. The van der Waals surface area contributed by atoms with Gasteiger partial charge in [0, 0.05) is 17.0 Å². The van der Waals surface area contributed by atoms with E-state index in [-0.39, 0.29) is 5.54 Å². The highest BCUT2D eigenvalue weighted by atomic mass is 32.2. The van der Waals surface area contributed by atoms with Gasteiger partial charge in [0.2, 0.25) is 0 Å². The molecule has 0 radical (unpaired) electrons. The molecule has 1 aliphatic heterocycles. The first-order valence-electron chi connectivity index (χ1n) is 5.66. The first-order chi connectivity index (χ1) is 7.97. The zero-order valence-corrected chi connectivity index (χ0v) is 12.9. The molecule has 1 aromatic rings. The van der Waals surface area contributed by atoms with E-state index in [0.29, 0.717) is 0 Å². The average molecular weight is 286 g/mol. The summed E-state index contributed by atoms with van der Waals surface area (Å²) in [5.74, 6) is 1.00. The van der Waals surface area contributed by atoms with Gasteiger partial charge in [-0.05, 0) is 32.2 Å². The quantitative estimate of drug-likeness (QED) is 0.766. The van der Waals surface area contributed by atoms with Crippen LogP contribution < -0.4 is 0 Å². The van der Waals surface area contributed by atoms with Crippen LogP contribution in [0.25, 0.3) is 0 Å². The van der Waals surface area contributed by atoms with E-state index < -0.39 is 0 Å². The molecule has 0 amide bonds. The number of nitrogens with zero attached hydrogens (tertiary/aromatic N) is 2. The molecule has 0 unspecified atom stereocenters. The molecule has 1 saturated heterocycles. The largest absolute Gasteiger partial charge is 0.340 e. The predicted molar refractivity (Wildman–Crippen MR) is 81.4 cm³/mol. The molecule has 5 heteroatoms. The van der Waals surface area contributed by atoms with Crippen molar-refractivity contribution in [2.75, 3.05) is 12.5 Å². The molecule has 0 N–H and O–H groups in total. The van der Waals surface area contributed by atoms with Crippen molar-refractivity contribution in [3.05, 3.63) is 22.4 Å². The second-order valence-electron chi connectivity index (χ2n) is 5.19. The molecule has 0 spiro atoms. The van der Waals surface area contributed by atoms with Gasteiger partial charge in [-0.15, -0.1) is 11.3 Å². The van der Waals surface area contributed by atoms with Gasteiger partial charge in [-0.3, -0.25) is 4.90 Å². The minimum Gasteiger partial charge on any atom is -0.340 e. The third-order valence-corrected chi connectivity index (χ3v) is 5.10. The van der Waals surface area contributed by atoms with E-state index in [9.17, 15) is 0 Å². The van der Waals surface area contributed by atoms with Crippen LogP contribution in [0.15, 0.2) is 17.5 Å².